The number of amides is 1. The van der Waals surface area contributed by atoms with Gasteiger partial charge in [0.05, 0.1) is 32.0 Å². The van der Waals surface area contributed by atoms with E-state index in [0.29, 0.717) is 33.5 Å². The van der Waals surface area contributed by atoms with Gasteiger partial charge >= 0.3 is 0 Å². The second-order valence-electron chi connectivity index (χ2n) is 6.27. The average Bonchev–Trinajstić information content (AvgIpc) is 2.78. The van der Waals surface area contributed by atoms with Gasteiger partial charge < -0.3 is 24.3 Å². The van der Waals surface area contributed by atoms with Crippen molar-refractivity contribution in [1.29, 1.82) is 0 Å². The normalized spacial score (nSPS) is 10.3. The molecule has 0 bridgehead atoms. The maximum Gasteiger partial charge on any atom is 0.255 e. The Hall–Kier alpha value is -3.38. The number of anilines is 1. The van der Waals surface area contributed by atoms with E-state index < -0.39 is 0 Å². The van der Waals surface area contributed by atoms with Crippen LogP contribution in [0.25, 0.3) is 0 Å². The van der Waals surface area contributed by atoms with Gasteiger partial charge in [0.2, 0.25) is 0 Å². The zero-order valence-electron chi connectivity index (χ0n) is 16.9. The van der Waals surface area contributed by atoms with E-state index >= 15 is 0 Å². The summed E-state index contributed by atoms with van der Waals surface area (Å²) in [4.78, 5) is 12.9. The van der Waals surface area contributed by atoms with Gasteiger partial charge in [-0.25, -0.2) is 0 Å². The van der Waals surface area contributed by atoms with E-state index in [0.717, 1.165) is 11.3 Å². The van der Waals surface area contributed by atoms with Crippen molar-refractivity contribution in [3.63, 3.8) is 0 Å². The van der Waals surface area contributed by atoms with E-state index in [9.17, 15) is 4.79 Å². The molecule has 0 spiro atoms. The van der Waals surface area contributed by atoms with Crippen molar-refractivity contribution in [2.75, 3.05) is 26.6 Å². The molecule has 30 heavy (non-hydrogen) atoms. The first-order valence-electron chi connectivity index (χ1n) is 9.13. The van der Waals surface area contributed by atoms with E-state index in [1.165, 1.54) is 14.2 Å². The van der Waals surface area contributed by atoms with E-state index in [4.69, 9.17) is 30.5 Å². The molecule has 0 saturated carbocycles. The van der Waals surface area contributed by atoms with Gasteiger partial charge in [-0.05, 0) is 30.3 Å². The van der Waals surface area contributed by atoms with Gasteiger partial charge in [-0.15, -0.1) is 0 Å². The van der Waals surface area contributed by atoms with Crippen LogP contribution >= 0.6 is 11.6 Å². The third-order valence-corrected chi connectivity index (χ3v) is 4.70. The minimum atomic E-state index is -0.318. The minimum Gasteiger partial charge on any atom is -0.496 e. The van der Waals surface area contributed by atoms with Crippen LogP contribution in [0.2, 0.25) is 5.02 Å². The highest BCUT2D eigenvalue weighted by Crippen LogP contribution is 2.36. The molecule has 0 atom stereocenters. The molecule has 0 unspecified atom stereocenters. The zero-order chi connectivity index (χ0) is 21.5. The number of hydrogen-bond donors (Lipinski definition) is 1. The highest BCUT2D eigenvalue weighted by atomic mass is 35.5. The number of methoxy groups -OCH3 is 3. The molecule has 0 aromatic heterocycles. The van der Waals surface area contributed by atoms with Crippen LogP contribution in [-0.2, 0) is 6.61 Å². The van der Waals surface area contributed by atoms with E-state index in [2.05, 4.69) is 5.32 Å². The van der Waals surface area contributed by atoms with Crippen molar-refractivity contribution < 1.29 is 23.7 Å². The van der Waals surface area contributed by atoms with Crippen LogP contribution in [0.1, 0.15) is 15.9 Å². The Labute approximate surface area is 180 Å². The fourth-order valence-electron chi connectivity index (χ4n) is 2.86. The molecule has 156 valence electrons. The molecule has 3 rings (SSSR count). The van der Waals surface area contributed by atoms with Crippen molar-refractivity contribution in [2.45, 2.75) is 6.61 Å². The molecule has 0 aliphatic rings. The number of hydrogen-bond acceptors (Lipinski definition) is 5. The number of rotatable bonds is 8. The smallest absolute Gasteiger partial charge is 0.255 e. The van der Waals surface area contributed by atoms with Gasteiger partial charge in [0.15, 0.2) is 0 Å². The van der Waals surface area contributed by atoms with Crippen molar-refractivity contribution in [2.24, 2.45) is 0 Å². The van der Waals surface area contributed by atoms with Crippen LogP contribution in [0.3, 0.4) is 0 Å². The summed E-state index contributed by atoms with van der Waals surface area (Å²) < 4.78 is 21.7. The van der Waals surface area contributed by atoms with Crippen molar-refractivity contribution in [1.82, 2.24) is 0 Å². The summed E-state index contributed by atoms with van der Waals surface area (Å²) in [6.07, 6.45) is 0. The van der Waals surface area contributed by atoms with Gasteiger partial charge in [0.25, 0.3) is 5.91 Å². The molecule has 6 nitrogen and oxygen atoms in total. The molecule has 0 fully saturated rings. The van der Waals surface area contributed by atoms with Gasteiger partial charge in [-0.1, -0.05) is 29.8 Å². The number of carbonyl (C=O) groups excluding carboxylic acids is 1. The molecule has 1 amide bonds. The summed E-state index contributed by atoms with van der Waals surface area (Å²) in [5, 5.41) is 3.22. The van der Waals surface area contributed by atoms with Crippen LogP contribution in [0.4, 0.5) is 5.69 Å². The Kier molecular flexibility index (Phi) is 7.03. The van der Waals surface area contributed by atoms with Crippen LogP contribution in [0.5, 0.6) is 23.0 Å². The van der Waals surface area contributed by atoms with Crippen LogP contribution in [0.15, 0.2) is 60.7 Å². The first-order valence-corrected chi connectivity index (χ1v) is 9.51. The number of halogens is 1. The first-order chi connectivity index (χ1) is 14.5. The monoisotopic (exact) mass is 427 g/mol. The zero-order valence-corrected chi connectivity index (χ0v) is 17.7. The Morgan fingerprint density at radius 3 is 2.23 bits per heavy atom. The molecule has 0 heterocycles. The number of nitrogens with one attached hydrogen (secondary N) is 1. The van der Waals surface area contributed by atoms with Crippen LogP contribution in [0, 0.1) is 0 Å². The largest absolute Gasteiger partial charge is 0.496 e. The second kappa shape index (κ2) is 9.89. The molecule has 7 heteroatoms. The summed E-state index contributed by atoms with van der Waals surface area (Å²) in [6.45, 7) is 0.256. The molecule has 3 aromatic carbocycles. The first kappa shape index (κ1) is 21.3. The van der Waals surface area contributed by atoms with Crippen molar-refractivity contribution in [3.05, 3.63) is 76.8 Å². The molecule has 0 saturated heterocycles. The Morgan fingerprint density at radius 2 is 1.57 bits per heavy atom. The van der Waals surface area contributed by atoms with Gasteiger partial charge in [-0.3, -0.25) is 4.79 Å². The molecular weight excluding hydrogens is 406 g/mol. The van der Waals surface area contributed by atoms with Crippen LogP contribution < -0.4 is 24.3 Å². The van der Waals surface area contributed by atoms with Gasteiger partial charge in [0.1, 0.15) is 29.6 Å². The fourth-order valence-corrected chi connectivity index (χ4v) is 3.09. The topological polar surface area (TPSA) is 66.0 Å². The fraction of sp³-hybridized carbons (Fsp3) is 0.174. The maximum absolute atomic E-state index is 12.9. The maximum atomic E-state index is 12.9. The van der Waals surface area contributed by atoms with Crippen molar-refractivity contribution >= 4 is 23.2 Å². The van der Waals surface area contributed by atoms with Crippen molar-refractivity contribution in [3.8, 4) is 23.0 Å². The lowest BCUT2D eigenvalue weighted by molar-refractivity contribution is 0.102. The standard InChI is InChI=1S/C23H22ClNO5/c1-27-20-10-9-15(11-16(20)14-30-17-7-5-4-6-8-17)23(26)25-19-13-21(28-2)18(24)12-22(19)29-3/h4-13H,14H2,1-3H3,(H,25,26). The van der Waals surface area contributed by atoms with Gasteiger partial charge in [0, 0.05) is 23.3 Å². The third-order valence-electron chi connectivity index (χ3n) is 4.40. The Bertz CT molecular complexity index is 1020. The summed E-state index contributed by atoms with van der Waals surface area (Å²) in [7, 11) is 4.58. The molecule has 1 N–H and O–H groups in total. The highest BCUT2D eigenvalue weighted by molar-refractivity contribution is 6.32. The molecule has 0 aliphatic heterocycles. The molecule has 3 aromatic rings. The molecular formula is C23H22ClNO5. The number of carbonyl (C=O) groups is 1. The van der Waals surface area contributed by atoms with E-state index in [1.54, 1.807) is 37.4 Å². The Balaban J connectivity index is 1.82. The van der Waals surface area contributed by atoms with E-state index in [1.807, 2.05) is 30.3 Å². The predicted molar refractivity (Wildman–Crippen MR) is 116 cm³/mol. The van der Waals surface area contributed by atoms with E-state index in [-0.39, 0.29) is 12.5 Å². The summed E-state index contributed by atoms with van der Waals surface area (Å²) >= 11 is 6.13. The second-order valence-corrected chi connectivity index (χ2v) is 6.68. The molecule has 0 radical (unpaired) electrons. The third kappa shape index (κ3) is 4.96. The quantitative estimate of drug-likeness (QED) is 0.535. The lowest BCUT2D eigenvalue weighted by atomic mass is 10.1. The summed E-state index contributed by atoms with van der Waals surface area (Å²) in [6, 6.07) is 17.8. The van der Waals surface area contributed by atoms with Crippen LogP contribution in [-0.4, -0.2) is 27.2 Å². The summed E-state index contributed by atoms with van der Waals surface area (Å²) in [5.74, 6) is 1.90. The predicted octanol–water partition coefficient (Wildman–Crippen LogP) is 5.20. The van der Waals surface area contributed by atoms with Gasteiger partial charge in [-0.2, -0.15) is 0 Å². The number of ether oxygens (including phenoxy) is 4. The number of benzene rings is 3. The lowest BCUT2D eigenvalue weighted by Gasteiger charge is -2.15. The Morgan fingerprint density at radius 1 is 0.867 bits per heavy atom. The minimum absolute atomic E-state index is 0.256. The average molecular weight is 428 g/mol. The molecule has 0 aliphatic carbocycles. The summed E-state index contributed by atoms with van der Waals surface area (Å²) in [5.41, 5.74) is 1.63. The lowest BCUT2D eigenvalue weighted by Crippen LogP contribution is -2.13. The highest BCUT2D eigenvalue weighted by Gasteiger charge is 2.15. The SMILES string of the molecule is COc1cc(NC(=O)c2ccc(OC)c(COc3ccccc3)c2)c(OC)cc1Cl. The number of para-hydroxylation sites is 1.